The summed E-state index contributed by atoms with van der Waals surface area (Å²) in [6.07, 6.45) is 0. The van der Waals surface area contributed by atoms with E-state index in [9.17, 15) is 8.42 Å². The van der Waals surface area contributed by atoms with Crippen molar-refractivity contribution >= 4 is 38.3 Å². The minimum atomic E-state index is -3.80. The zero-order chi connectivity index (χ0) is 15.9. The number of rotatable bonds is 3. The van der Waals surface area contributed by atoms with Crippen molar-refractivity contribution in [3.8, 4) is 0 Å². The van der Waals surface area contributed by atoms with Crippen LogP contribution in [0.5, 0.6) is 0 Å². The molecule has 1 aromatic carbocycles. The summed E-state index contributed by atoms with van der Waals surface area (Å²) in [6, 6.07) is 8.07. The van der Waals surface area contributed by atoms with Crippen LogP contribution >= 0.6 is 11.6 Å². The van der Waals surface area contributed by atoms with Gasteiger partial charge in [-0.05, 0) is 30.7 Å². The zero-order valence-electron chi connectivity index (χ0n) is 11.6. The average molecular weight is 338 g/mol. The first-order valence-electron chi connectivity index (χ1n) is 6.44. The SMILES string of the molecule is CCn1nc2c(N)nc(Cl)nc2c1S(=O)(=O)c1ccccc1. The molecule has 0 atom stereocenters. The van der Waals surface area contributed by atoms with Crippen molar-refractivity contribution < 1.29 is 8.42 Å². The normalized spacial score (nSPS) is 11.9. The Morgan fingerprint density at radius 2 is 1.86 bits per heavy atom. The molecule has 0 aliphatic rings. The summed E-state index contributed by atoms with van der Waals surface area (Å²) in [6.45, 7) is 2.12. The molecule has 2 heterocycles. The molecule has 3 rings (SSSR count). The predicted octanol–water partition coefficient (Wildman–Crippen LogP) is 1.91. The smallest absolute Gasteiger partial charge is 0.225 e. The van der Waals surface area contributed by atoms with Crippen LogP contribution in [0.2, 0.25) is 5.28 Å². The van der Waals surface area contributed by atoms with Crippen LogP contribution in [0, 0.1) is 0 Å². The van der Waals surface area contributed by atoms with Gasteiger partial charge in [0, 0.05) is 6.54 Å². The Morgan fingerprint density at radius 1 is 1.18 bits per heavy atom. The fraction of sp³-hybridized carbons (Fsp3) is 0.154. The van der Waals surface area contributed by atoms with Gasteiger partial charge in [0.2, 0.25) is 15.1 Å². The molecule has 0 unspecified atom stereocenters. The fourth-order valence-corrected chi connectivity index (χ4v) is 3.93. The van der Waals surface area contributed by atoms with Gasteiger partial charge in [0.15, 0.2) is 16.4 Å². The first kappa shape index (κ1) is 14.7. The van der Waals surface area contributed by atoms with Gasteiger partial charge in [-0.2, -0.15) is 10.1 Å². The van der Waals surface area contributed by atoms with Crippen molar-refractivity contribution in [2.75, 3.05) is 5.73 Å². The molecule has 3 aromatic rings. The molecule has 0 fully saturated rings. The van der Waals surface area contributed by atoms with Crippen molar-refractivity contribution in [2.45, 2.75) is 23.4 Å². The van der Waals surface area contributed by atoms with E-state index in [4.69, 9.17) is 17.3 Å². The van der Waals surface area contributed by atoms with Crippen molar-refractivity contribution in [3.05, 3.63) is 35.6 Å². The molecule has 7 nitrogen and oxygen atoms in total. The molecule has 2 aromatic heterocycles. The van der Waals surface area contributed by atoms with Gasteiger partial charge < -0.3 is 5.73 Å². The Balaban J connectivity index is 2.40. The first-order chi connectivity index (χ1) is 10.4. The lowest BCUT2D eigenvalue weighted by Crippen LogP contribution is -2.11. The van der Waals surface area contributed by atoms with E-state index in [2.05, 4.69) is 15.1 Å². The maximum absolute atomic E-state index is 12.9. The third kappa shape index (κ3) is 2.20. The lowest BCUT2D eigenvalue weighted by Gasteiger charge is -2.06. The number of nitrogens with two attached hydrogens (primary N) is 1. The maximum Gasteiger partial charge on any atom is 0.225 e. The highest BCUT2D eigenvalue weighted by Gasteiger charge is 2.28. The van der Waals surface area contributed by atoms with E-state index in [1.54, 1.807) is 25.1 Å². The Labute approximate surface area is 131 Å². The predicted molar refractivity (Wildman–Crippen MR) is 82.3 cm³/mol. The number of nitrogen functional groups attached to an aromatic ring is 1. The largest absolute Gasteiger partial charge is 0.382 e. The summed E-state index contributed by atoms with van der Waals surface area (Å²) in [4.78, 5) is 7.97. The molecular formula is C13H12ClN5O2S. The van der Waals surface area contributed by atoms with Crippen molar-refractivity contribution in [2.24, 2.45) is 0 Å². The standard InChI is InChI=1S/C13H12ClN5O2S/c1-2-19-12(22(20,21)8-6-4-3-5-7-8)10-9(18-19)11(15)17-13(14)16-10/h3-7H,2H2,1H3,(H2,15,16,17). The van der Waals surface area contributed by atoms with Crippen LogP contribution < -0.4 is 5.73 Å². The lowest BCUT2D eigenvalue weighted by molar-refractivity contribution is 0.558. The van der Waals surface area contributed by atoms with E-state index in [-0.39, 0.29) is 32.1 Å². The zero-order valence-corrected chi connectivity index (χ0v) is 13.1. The second-order valence-electron chi connectivity index (χ2n) is 4.51. The molecule has 114 valence electrons. The molecule has 0 saturated heterocycles. The van der Waals surface area contributed by atoms with Crippen LogP contribution in [0.3, 0.4) is 0 Å². The Hall–Kier alpha value is -2.19. The van der Waals surface area contributed by atoms with E-state index in [1.807, 2.05) is 0 Å². The summed E-state index contributed by atoms with van der Waals surface area (Å²) in [5.74, 6) is 0.0479. The number of halogens is 1. The molecule has 22 heavy (non-hydrogen) atoms. The van der Waals surface area contributed by atoms with Crippen molar-refractivity contribution in [1.82, 2.24) is 19.7 Å². The van der Waals surface area contributed by atoms with Gasteiger partial charge in [-0.1, -0.05) is 18.2 Å². The Bertz CT molecular complexity index is 953. The van der Waals surface area contributed by atoms with Crippen LogP contribution in [0.1, 0.15) is 6.92 Å². The quantitative estimate of drug-likeness (QED) is 0.732. The number of sulfone groups is 1. The van der Waals surface area contributed by atoms with E-state index in [0.29, 0.717) is 6.54 Å². The van der Waals surface area contributed by atoms with Gasteiger partial charge in [-0.15, -0.1) is 0 Å². The van der Waals surface area contributed by atoms with E-state index in [0.717, 1.165) is 0 Å². The van der Waals surface area contributed by atoms with Gasteiger partial charge in [0.1, 0.15) is 5.52 Å². The number of anilines is 1. The van der Waals surface area contributed by atoms with Crippen LogP contribution in [-0.2, 0) is 16.4 Å². The number of hydrogen-bond acceptors (Lipinski definition) is 6. The highest BCUT2D eigenvalue weighted by atomic mass is 35.5. The van der Waals surface area contributed by atoms with Crippen LogP contribution in [0.15, 0.2) is 40.3 Å². The minimum absolute atomic E-state index is 0.0350. The second-order valence-corrected chi connectivity index (χ2v) is 6.72. The topological polar surface area (TPSA) is 104 Å². The molecule has 0 bridgehead atoms. The van der Waals surface area contributed by atoms with E-state index < -0.39 is 9.84 Å². The molecule has 9 heteroatoms. The first-order valence-corrected chi connectivity index (χ1v) is 8.31. The lowest BCUT2D eigenvalue weighted by atomic mass is 10.4. The molecular weight excluding hydrogens is 326 g/mol. The highest BCUT2D eigenvalue weighted by molar-refractivity contribution is 7.91. The monoisotopic (exact) mass is 337 g/mol. The fourth-order valence-electron chi connectivity index (χ4n) is 2.17. The molecule has 0 amide bonds. The van der Waals surface area contributed by atoms with E-state index in [1.165, 1.54) is 16.8 Å². The summed E-state index contributed by atoms with van der Waals surface area (Å²) in [7, 11) is -3.80. The second kappa shape index (κ2) is 5.22. The van der Waals surface area contributed by atoms with Gasteiger partial charge in [-0.25, -0.2) is 13.4 Å². The summed E-state index contributed by atoms with van der Waals surface area (Å²) in [5, 5.41) is 4.04. The number of benzene rings is 1. The van der Waals surface area contributed by atoms with Gasteiger partial charge >= 0.3 is 0 Å². The molecule has 0 aliphatic carbocycles. The highest BCUT2D eigenvalue weighted by Crippen LogP contribution is 2.29. The number of nitrogens with zero attached hydrogens (tertiary/aromatic N) is 4. The average Bonchev–Trinajstić information content (AvgIpc) is 2.87. The van der Waals surface area contributed by atoms with Crippen molar-refractivity contribution in [1.29, 1.82) is 0 Å². The van der Waals surface area contributed by atoms with Crippen LogP contribution in [0.4, 0.5) is 5.82 Å². The van der Waals surface area contributed by atoms with E-state index >= 15 is 0 Å². The molecule has 2 N–H and O–H groups in total. The molecule has 0 radical (unpaired) electrons. The van der Waals surface area contributed by atoms with Crippen LogP contribution in [0.25, 0.3) is 11.0 Å². The summed E-state index contributed by atoms with van der Waals surface area (Å²) in [5.41, 5.74) is 6.12. The third-order valence-electron chi connectivity index (χ3n) is 3.15. The number of fused-ring (bicyclic) bond motifs is 1. The summed E-state index contributed by atoms with van der Waals surface area (Å²) >= 11 is 5.81. The number of hydrogen-bond donors (Lipinski definition) is 1. The Morgan fingerprint density at radius 3 is 2.50 bits per heavy atom. The maximum atomic E-state index is 12.9. The minimum Gasteiger partial charge on any atom is -0.382 e. The Kier molecular flexibility index (Phi) is 3.50. The van der Waals surface area contributed by atoms with Gasteiger partial charge in [0.25, 0.3) is 0 Å². The molecule has 0 spiro atoms. The number of aromatic nitrogens is 4. The van der Waals surface area contributed by atoms with Crippen molar-refractivity contribution in [3.63, 3.8) is 0 Å². The summed E-state index contributed by atoms with van der Waals surface area (Å²) < 4.78 is 27.2. The molecule has 0 aliphatic heterocycles. The number of aryl methyl sites for hydroxylation is 1. The third-order valence-corrected chi connectivity index (χ3v) is 5.12. The van der Waals surface area contributed by atoms with Gasteiger partial charge in [0.05, 0.1) is 4.90 Å². The van der Waals surface area contributed by atoms with Crippen LogP contribution in [-0.4, -0.2) is 28.2 Å². The van der Waals surface area contributed by atoms with Gasteiger partial charge in [-0.3, -0.25) is 4.68 Å². The molecule has 0 saturated carbocycles.